The van der Waals surface area contributed by atoms with Gasteiger partial charge in [-0.2, -0.15) is 18.3 Å². The van der Waals surface area contributed by atoms with Crippen LogP contribution >= 0.6 is 0 Å². The van der Waals surface area contributed by atoms with E-state index in [2.05, 4.69) is 11.1 Å². The van der Waals surface area contributed by atoms with Crippen molar-refractivity contribution in [2.75, 3.05) is 13.1 Å². The number of rotatable bonds is 3. The minimum atomic E-state index is -5.08. The van der Waals surface area contributed by atoms with Crippen molar-refractivity contribution >= 4 is 17.5 Å². The number of pyridine rings is 2. The van der Waals surface area contributed by atoms with E-state index in [0.717, 1.165) is 61.4 Å². The van der Waals surface area contributed by atoms with Gasteiger partial charge in [0.25, 0.3) is 0 Å². The van der Waals surface area contributed by atoms with Crippen LogP contribution in [-0.4, -0.2) is 60.7 Å². The van der Waals surface area contributed by atoms with Crippen LogP contribution < -0.4 is 0 Å². The Balaban J connectivity index is 0.000000325. The summed E-state index contributed by atoms with van der Waals surface area (Å²) in [6.07, 6.45) is 4.70. The highest BCUT2D eigenvalue weighted by atomic mass is 19.4. The molecule has 1 atom stereocenters. The van der Waals surface area contributed by atoms with Crippen LogP contribution in [0.4, 0.5) is 13.2 Å². The first-order valence-electron chi connectivity index (χ1n) is 10.6. The molecule has 11 heteroatoms. The lowest BCUT2D eigenvalue weighted by molar-refractivity contribution is -0.192. The molecule has 2 fully saturated rings. The zero-order chi connectivity index (χ0) is 23.6. The summed E-state index contributed by atoms with van der Waals surface area (Å²) >= 11 is 0. The van der Waals surface area contributed by atoms with Crippen LogP contribution in [-0.2, 0) is 9.59 Å². The molecule has 0 spiro atoms. The van der Waals surface area contributed by atoms with Crippen molar-refractivity contribution in [2.24, 2.45) is 5.92 Å². The fraction of sp³-hybridized carbons (Fsp3) is 0.409. The van der Waals surface area contributed by atoms with Gasteiger partial charge in [-0.1, -0.05) is 0 Å². The molecule has 8 nitrogen and oxygen atoms in total. The van der Waals surface area contributed by atoms with Gasteiger partial charge in [0.05, 0.1) is 0 Å². The van der Waals surface area contributed by atoms with Crippen molar-refractivity contribution in [3.63, 3.8) is 0 Å². The Kier molecular flexibility index (Phi) is 6.30. The Morgan fingerprint density at radius 3 is 2.36 bits per heavy atom. The maximum atomic E-state index is 12.4. The number of carboxylic acid groups (broad SMARTS) is 1. The van der Waals surface area contributed by atoms with E-state index in [1.807, 2.05) is 33.8 Å². The average molecular weight is 461 g/mol. The number of carboxylic acids is 1. The van der Waals surface area contributed by atoms with Gasteiger partial charge >= 0.3 is 12.1 Å². The number of likely N-dealkylation sites (tertiary alicyclic amines) is 1. The number of nitrogens with zero attached hydrogens (tertiary/aromatic N) is 5. The topological polar surface area (TPSA) is 101 Å². The maximum Gasteiger partial charge on any atom is 0.490 e. The van der Waals surface area contributed by atoms with Crippen LogP contribution in [0.15, 0.2) is 42.9 Å². The number of alkyl halides is 3. The number of hydrogen-bond acceptors (Lipinski definition) is 5. The van der Waals surface area contributed by atoms with E-state index in [0.29, 0.717) is 5.91 Å². The molecule has 3 aromatic heterocycles. The smallest absolute Gasteiger partial charge is 0.475 e. The fourth-order valence-electron chi connectivity index (χ4n) is 3.76. The quantitative estimate of drug-likeness (QED) is 0.640. The van der Waals surface area contributed by atoms with E-state index in [9.17, 15) is 18.0 Å². The van der Waals surface area contributed by atoms with Gasteiger partial charge < -0.3 is 10.0 Å². The van der Waals surface area contributed by atoms with E-state index in [4.69, 9.17) is 20.0 Å². The van der Waals surface area contributed by atoms with E-state index in [1.165, 1.54) is 0 Å². The van der Waals surface area contributed by atoms with Crippen LogP contribution in [0, 0.1) is 5.92 Å². The molecule has 0 bridgehead atoms. The fourth-order valence-corrected chi connectivity index (χ4v) is 3.76. The van der Waals surface area contributed by atoms with Gasteiger partial charge in [0.15, 0.2) is 11.5 Å². The van der Waals surface area contributed by atoms with Crippen molar-refractivity contribution < 1.29 is 27.9 Å². The molecule has 0 radical (unpaired) electrons. The standard InChI is InChI=1S/C20H21N5O.C2HF3O2/c26-20(15-3-4-15)24-11-1-2-17(12-24)19-22-18-6-5-16(13-25(18)23-19)14-7-9-21-10-8-14;3-2(4,5)1(6)7/h5-10,13,15,17H,1-4,11-12H2;(H,6,7). The first-order valence-corrected chi connectivity index (χ1v) is 10.6. The van der Waals surface area contributed by atoms with Gasteiger partial charge in [0.1, 0.15) is 0 Å². The number of carbonyl (C=O) groups is 2. The van der Waals surface area contributed by atoms with Crippen molar-refractivity contribution in [2.45, 2.75) is 37.8 Å². The number of fused-ring (bicyclic) bond motifs is 1. The minimum Gasteiger partial charge on any atom is -0.475 e. The van der Waals surface area contributed by atoms with E-state index >= 15 is 0 Å². The molecule has 1 amide bonds. The van der Waals surface area contributed by atoms with Crippen LogP contribution in [0.1, 0.15) is 37.4 Å². The van der Waals surface area contributed by atoms with E-state index in [1.54, 1.807) is 12.4 Å². The van der Waals surface area contributed by atoms with Crippen molar-refractivity contribution in [1.29, 1.82) is 0 Å². The summed E-state index contributed by atoms with van der Waals surface area (Å²) in [5, 5.41) is 11.9. The van der Waals surface area contributed by atoms with Gasteiger partial charge in [-0.15, -0.1) is 0 Å². The van der Waals surface area contributed by atoms with Crippen molar-refractivity contribution in [1.82, 2.24) is 24.5 Å². The summed E-state index contributed by atoms with van der Waals surface area (Å²) in [7, 11) is 0. The molecule has 1 aliphatic heterocycles. The van der Waals surface area contributed by atoms with Gasteiger partial charge in [0.2, 0.25) is 5.91 Å². The normalized spacial score (nSPS) is 18.5. The highest BCUT2D eigenvalue weighted by Gasteiger charge is 2.38. The zero-order valence-electron chi connectivity index (χ0n) is 17.6. The van der Waals surface area contributed by atoms with Gasteiger partial charge in [0, 0.05) is 49.1 Å². The summed E-state index contributed by atoms with van der Waals surface area (Å²) in [6, 6.07) is 8.04. The van der Waals surface area contributed by atoms with Crippen molar-refractivity contribution in [3.8, 4) is 11.1 Å². The molecule has 1 aliphatic carbocycles. The Labute approximate surface area is 187 Å². The first kappa shape index (κ1) is 22.7. The second-order valence-electron chi connectivity index (χ2n) is 8.13. The van der Waals surface area contributed by atoms with E-state index < -0.39 is 12.1 Å². The molecule has 1 saturated carbocycles. The third-order valence-electron chi connectivity index (χ3n) is 5.63. The zero-order valence-corrected chi connectivity index (χ0v) is 17.6. The summed E-state index contributed by atoms with van der Waals surface area (Å²) in [5.74, 6) is -1.06. The molecule has 1 saturated heterocycles. The number of halogens is 3. The monoisotopic (exact) mass is 461 g/mol. The predicted octanol–water partition coefficient (Wildman–Crippen LogP) is 3.54. The minimum absolute atomic E-state index is 0.232. The Morgan fingerprint density at radius 2 is 1.73 bits per heavy atom. The molecule has 5 rings (SSSR count). The maximum absolute atomic E-state index is 12.4. The summed E-state index contributed by atoms with van der Waals surface area (Å²) in [5.41, 5.74) is 3.05. The lowest BCUT2D eigenvalue weighted by atomic mass is 9.97. The average Bonchev–Trinajstić information content (AvgIpc) is 3.57. The molecule has 3 aromatic rings. The Bertz CT molecular complexity index is 1150. The highest BCUT2D eigenvalue weighted by Crippen LogP contribution is 2.34. The van der Waals surface area contributed by atoms with Crippen LogP contribution in [0.2, 0.25) is 0 Å². The molecule has 4 heterocycles. The third kappa shape index (κ3) is 5.47. The van der Waals surface area contributed by atoms with Crippen LogP contribution in [0.3, 0.4) is 0 Å². The molecule has 1 N–H and O–H groups in total. The predicted molar refractivity (Wildman–Crippen MR) is 111 cm³/mol. The lowest BCUT2D eigenvalue weighted by Gasteiger charge is -2.31. The number of amides is 1. The molecular formula is C22H22F3N5O3. The van der Waals surface area contributed by atoms with Gasteiger partial charge in [-0.3, -0.25) is 9.78 Å². The van der Waals surface area contributed by atoms with Crippen molar-refractivity contribution in [3.05, 3.63) is 48.7 Å². The second-order valence-corrected chi connectivity index (χ2v) is 8.13. The van der Waals surface area contributed by atoms with Gasteiger partial charge in [-0.25, -0.2) is 14.3 Å². The summed E-state index contributed by atoms with van der Waals surface area (Å²) < 4.78 is 33.6. The summed E-state index contributed by atoms with van der Waals surface area (Å²) in [6.45, 7) is 1.63. The molecular weight excluding hydrogens is 439 g/mol. The number of hydrogen-bond donors (Lipinski definition) is 1. The lowest BCUT2D eigenvalue weighted by Crippen LogP contribution is -2.40. The Morgan fingerprint density at radius 1 is 1.03 bits per heavy atom. The third-order valence-corrected chi connectivity index (χ3v) is 5.63. The molecule has 174 valence electrons. The summed E-state index contributed by atoms with van der Waals surface area (Å²) in [4.78, 5) is 32.1. The Hall–Kier alpha value is -3.50. The number of piperidine rings is 1. The number of aliphatic carboxylic acids is 1. The van der Waals surface area contributed by atoms with Crippen LogP contribution in [0.5, 0.6) is 0 Å². The molecule has 1 unspecified atom stereocenters. The highest BCUT2D eigenvalue weighted by molar-refractivity contribution is 5.81. The SMILES string of the molecule is O=C(C1CC1)N1CCCC(c2nc3ccc(-c4ccncc4)cn3n2)C1.O=C(O)C(F)(F)F. The van der Waals surface area contributed by atoms with Gasteiger partial charge in [-0.05, 0) is 55.5 Å². The number of aromatic nitrogens is 4. The largest absolute Gasteiger partial charge is 0.490 e. The second kappa shape index (κ2) is 9.16. The molecule has 33 heavy (non-hydrogen) atoms. The number of carbonyl (C=O) groups excluding carboxylic acids is 1. The molecule has 0 aromatic carbocycles. The van der Waals surface area contributed by atoms with E-state index in [-0.39, 0.29) is 11.8 Å². The van der Waals surface area contributed by atoms with Crippen LogP contribution in [0.25, 0.3) is 16.8 Å². The molecule has 2 aliphatic rings. The first-order chi connectivity index (χ1) is 15.7.